The van der Waals surface area contributed by atoms with E-state index in [-0.39, 0.29) is 17.6 Å². The quantitative estimate of drug-likeness (QED) is 0.615. The Kier molecular flexibility index (Phi) is 7.99. The summed E-state index contributed by atoms with van der Waals surface area (Å²) < 4.78 is 14.3. The highest BCUT2D eigenvalue weighted by Crippen LogP contribution is 2.26. The van der Waals surface area contributed by atoms with E-state index in [0.717, 1.165) is 55.8 Å². The smallest absolute Gasteiger partial charge is 0.225 e. The molecular formula is C25H35FN4O. The third kappa shape index (κ3) is 5.60. The van der Waals surface area contributed by atoms with Crippen molar-refractivity contribution >= 4 is 11.7 Å². The van der Waals surface area contributed by atoms with Crippen LogP contribution in [0.15, 0.2) is 24.3 Å². The molecule has 1 aromatic carbocycles. The Labute approximate surface area is 185 Å². The van der Waals surface area contributed by atoms with Gasteiger partial charge in [-0.1, -0.05) is 44.9 Å². The molecule has 1 aromatic heterocycles. The lowest BCUT2D eigenvalue weighted by molar-refractivity contribution is -0.136. The summed E-state index contributed by atoms with van der Waals surface area (Å²) in [6, 6.07) is 6.87. The van der Waals surface area contributed by atoms with Crippen LogP contribution in [0.3, 0.4) is 0 Å². The molecule has 0 radical (unpaired) electrons. The van der Waals surface area contributed by atoms with Gasteiger partial charge in [0.15, 0.2) is 0 Å². The van der Waals surface area contributed by atoms with Crippen LogP contribution in [-0.4, -0.2) is 47.0 Å². The van der Waals surface area contributed by atoms with Gasteiger partial charge in [-0.3, -0.25) is 4.79 Å². The fourth-order valence-electron chi connectivity index (χ4n) is 4.37. The van der Waals surface area contributed by atoms with Gasteiger partial charge in [-0.25, -0.2) is 14.4 Å². The van der Waals surface area contributed by atoms with E-state index in [1.54, 1.807) is 6.07 Å². The SMILES string of the molecule is CCCCC(CC)C(=O)N1CCN(c2nc(C)nc(C)c2Cc2ccccc2F)CC1. The van der Waals surface area contributed by atoms with Crippen molar-refractivity contribution in [2.75, 3.05) is 31.1 Å². The molecule has 1 aliphatic rings. The fraction of sp³-hybridized carbons (Fsp3) is 0.560. The molecule has 2 heterocycles. The van der Waals surface area contributed by atoms with Gasteiger partial charge in [-0.15, -0.1) is 0 Å². The molecule has 1 unspecified atom stereocenters. The minimum absolute atomic E-state index is 0.131. The number of hydrogen-bond acceptors (Lipinski definition) is 4. The molecule has 168 valence electrons. The first kappa shape index (κ1) is 23.2. The average molecular weight is 427 g/mol. The second-order valence-corrected chi connectivity index (χ2v) is 8.49. The zero-order chi connectivity index (χ0) is 22.4. The molecule has 3 rings (SSSR count). The molecule has 5 nitrogen and oxygen atoms in total. The van der Waals surface area contributed by atoms with Crippen LogP contribution >= 0.6 is 0 Å². The number of anilines is 1. The normalized spacial score (nSPS) is 15.3. The van der Waals surface area contributed by atoms with E-state index >= 15 is 0 Å². The van der Waals surface area contributed by atoms with Crippen LogP contribution in [0.25, 0.3) is 0 Å². The van der Waals surface area contributed by atoms with Crippen LogP contribution in [0, 0.1) is 25.6 Å². The maximum absolute atomic E-state index is 14.3. The third-order valence-corrected chi connectivity index (χ3v) is 6.27. The van der Waals surface area contributed by atoms with Crippen molar-refractivity contribution in [3.05, 3.63) is 52.7 Å². The van der Waals surface area contributed by atoms with Crippen LogP contribution in [-0.2, 0) is 11.2 Å². The van der Waals surface area contributed by atoms with Crippen molar-refractivity contribution in [3.8, 4) is 0 Å². The lowest BCUT2D eigenvalue weighted by atomic mass is 9.97. The molecule has 6 heteroatoms. The van der Waals surface area contributed by atoms with Gasteiger partial charge in [0, 0.05) is 49.8 Å². The number of halogens is 1. The number of carbonyl (C=O) groups is 1. The van der Waals surface area contributed by atoms with Crippen molar-refractivity contribution in [1.29, 1.82) is 0 Å². The number of nitrogens with zero attached hydrogens (tertiary/aromatic N) is 4. The zero-order valence-corrected chi connectivity index (χ0v) is 19.3. The predicted molar refractivity (Wildman–Crippen MR) is 123 cm³/mol. The minimum Gasteiger partial charge on any atom is -0.353 e. The number of rotatable bonds is 8. The van der Waals surface area contributed by atoms with Crippen LogP contribution < -0.4 is 4.90 Å². The van der Waals surface area contributed by atoms with Crippen LogP contribution in [0.2, 0.25) is 0 Å². The molecule has 2 aromatic rings. The molecular weight excluding hydrogens is 391 g/mol. The number of amides is 1. The molecule has 31 heavy (non-hydrogen) atoms. The molecule has 0 saturated carbocycles. The summed E-state index contributed by atoms with van der Waals surface area (Å²) in [5, 5.41) is 0. The maximum Gasteiger partial charge on any atom is 0.225 e. The number of carbonyl (C=O) groups excluding carboxylic acids is 1. The molecule has 0 aliphatic carbocycles. The number of aromatic nitrogens is 2. The Hall–Kier alpha value is -2.50. The van der Waals surface area contributed by atoms with Gasteiger partial charge in [0.05, 0.1) is 0 Å². The monoisotopic (exact) mass is 426 g/mol. The number of piperazine rings is 1. The van der Waals surface area contributed by atoms with E-state index in [1.165, 1.54) is 6.07 Å². The first-order chi connectivity index (χ1) is 14.9. The highest BCUT2D eigenvalue weighted by atomic mass is 19.1. The Morgan fingerprint density at radius 2 is 1.81 bits per heavy atom. The van der Waals surface area contributed by atoms with Gasteiger partial charge < -0.3 is 9.80 Å². The van der Waals surface area contributed by atoms with Crippen LogP contribution in [0.5, 0.6) is 0 Å². The standard InChI is InChI=1S/C25H35FN4O/c1-5-7-10-20(6-2)25(31)30-15-13-29(14-16-30)24-22(18(3)27-19(4)28-24)17-21-11-8-9-12-23(21)26/h8-9,11-12,20H,5-7,10,13-17H2,1-4H3. The first-order valence-corrected chi connectivity index (χ1v) is 11.6. The minimum atomic E-state index is -0.207. The van der Waals surface area contributed by atoms with E-state index in [9.17, 15) is 9.18 Å². The highest BCUT2D eigenvalue weighted by Gasteiger charge is 2.28. The summed E-state index contributed by atoms with van der Waals surface area (Å²) in [5.74, 6) is 1.80. The predicted octanol–water partition coefficient (Wildman–Crippen LogP) is 4.69. The zero-order valence-electron chi connectivity index (χ0n) is 19.3. The molecule has 1 aliphatic heterocycles. The number of benzene rings is 1. The van der Waals surface area contributed by atoms with Gasteiger partial charge >= 0.3 is 0 Å². The van der Waals surface area contributed by atoms with Gasteiger partial charge in [-0.05, 0) is 38.3 Å². The van der Waals surface area contributed by atoms with Gasteiger partial charge in [0.1, 0.15) is 17.5 Å². The van der Waals surface area contributed by atoms with E-state index < -0.39 is 0 Å². The molecule has 0 bridgehead atoms. The molecule has 1 fully saturated rings. The fourth-order valence-corrected chi connectivity index (χ4v) is 4.37. The molecule has 0 N–H and O–H groups in total. The van der Waals surface area contributed by atoms with Crippen LogP contribution in [0.1, 0.15) is 62.2 Å². The highest BCUT2D eigenvalue weighted by molar-refractivity contribution is 5.79. The summed E-state index contributed by atoms with van der Waals surface area (Å²) in [6.45, 7) is 11.0. The van der Waals surface area contributed by atoms with E-state index in [0.29, 0.717) is 30.9 Å². The summed E-state index contributed by atoms with van der Waals surface area (Å²) in [7, 11) is 0. The molecule has 0 spiro atoms. The van der Waals surface area contributed by atoms with Crippen molar-refractivity contribution in [2.45, 2.75) is 59.8 Å². The van der Waals surface area contributed by atoms with Gasteiger partial charge in [0.25, 0.3) is 0 Å². The number of hydrogen-bond donors (Lipinski definition) is 0. The lowest BCUT2D eigenvalue weighted by Gasteiger charge is -2.38. The number of unbranched alkanes of at least 4 members (excludes halogenated alkanes) is 1. The molecule has 1 atom stereocenters. The number of aryl methyl sites for hydroxylation is 2. The van der Waals surface area contributed by atoms with E-state index in [2.05, 4.69) is 23.7 Å². The van der Waals surface area contributed by atoms with Gasteiger partial charge in [-0.2, -0.15) is 0 Å². The lowest BCUT2D eigenvalue weighted by Crippen LogP contribution is -2.51. The molecule has 1 saturated heterocycles. The largest absolute Gasteiger partial charge is 0.353 e. The summed E-state index contributed by atoms with van der Waals surface area (Å²) in [5.41, 5.74) is 2.49. The first-order valence-electron chi connectivity index (χ1n) is 11.6. The Balaban J connectivity index is 1.75. The van der Waals surface area contributed by atoms with Gasteiger partial charge in [0.2, 0.25) is 5.91 Å². The summed E-state index contributed by atoms with van der Waals surface area (Å²) in [6.07, 6.45) is 4.55. The topological polar surface area (TPSA) is 49.3 Å². The Morgan fingerprint density at radius 1 is 1.10 bits per heavy atom. The summed E-state index contributed by atoms with van der Waals surface area (Å²) >= 11 is 0. The second-order valence-electron chi connectivity index (χ2n) is 8.49. The third-order valence-electron chi connectivity index (χ3n) is 6.27. The Morgan fingerprint density at radius 3 is 2.45 bits per heavy atom. The van der Waals surface area contributed by atoms with Crippen molar-refractivity contribution < 1.29 is 9.18 Å². The Bertz CT molecular complexity index is 893. The average Bonchev–Trinajstić information content (AvgIpc) is 2.77. The maximum atomic E-state index is 14.3. The van der Waals surface area contributed by atoms with Crippen molar-refractivity contribution in [1.82, 2.24) is 14.9 Å². The van der Waals surface area contributed by atoms with Crippen molar-refractivity contribution in [2.24, 2.45) is 5.92 Å². The summed E-state index contributed by atoms with van der Waals surface area (Å²) in [4.78, 5) is 26.5. The van der Waals surface area contributed by atoms with Crippen LogP contribution in [0.4, 0.5) is 10.2 Å². The van der Waals surface area contributed by atoms with E-state index in [4.69, 9.17) is 4.98 Å². The van der Waals surface area contributed by atoms with Crippen molar-refractivity contribution in [3.63, 3.8) is 0 Å². The van der Waals surface area contributed by atoms with E-state index in [1.807, 2.05) is 30.9 Å². The molecule has 1 amide bonds. The second kappa shape index (κ2) is 10.7.